The Morgan fingerprint density at radius 3 is 2.68 bits per heavy atom. The van der Waals surface area contributed by atoms with Gasteiger partial charge in [0.05, 0.1) is 6.10 Å². The second-order valence-electron chi connectivity index (χ2n) is 6.78. The SMILES string of the molecule is CC(C)(C)C[C@H]1O[C@@H](n2nnc3c(N)ncnc32)[C@H](O)[C@@H]1O. The number of ether oxygens (including phenoxy) is 1. The van der Waals surface area contributed by atoms with Crippen LogP contribution in [0.4, 0.5) is 5.82 Å². The summed E-state index contributed by atoms with van der Waals surface area (Å²) in [7, 11) is 0. The highest BCUT2D eigenvalue weighted by molar-refractivity contribution is 5.80. The molecular formula is C13H20N6O3. The molecule has 0 spiro atoms. The molecule has 2 aromatic heterocycles. The zero-order chi connectivity index (χ0) is 16.1. The molecule has 0 saturated carbocycles. The lowest BCUT2D eigenvalue weighted by Crippen LogP contribution is -2.33. The van der Waals surface area contributed by atoms with Crippen LogP contribution in [0.5, 0.6) is 0 Å². The zero-order valence-corrected chi connectivity index (χ0v) is 12.7. The molecule has 3 heterocycles. The van der Waals surface area contributed by atoms with Crippen molar-refractivity contribution in [3.63, 3.8) is 0 Å². The maximum Gasteiger partial charge on any atom is 0.186 e. The van der Waals surface area contributed by atoms with E-state index in [9.17, 15) is 10.2 Å². The van der Waals surface area contributed by atoms with Crippen molar-refractivity contribution >= 4 is 17.0 Å². The summed E-state index contributed by atoms with van der Waals surface area (Å²) >= 11 is 0. The van der Waals surface area contributed by atoms with Gasteiger partial charge in [-0.1, -0.05) is 26.0 Å². The van der Waals surface area contributed by atoms with E-state index in [2.05, 4.69) is 20.3 Å². The lowest BCUT2D eigenvalue weighted by Gasteiger charge is -2.24. The Bertz CT molecular complexity index is 682. The molecule has 22 heavy (non-hydrogen) atoms. The first-order valence-corrected chi connectivity index (χ1v) is 7.11. The average molecular weight is 308 g/mol. The maximum atomic E-state index is 10.3. The van der Waals surface area contributed by atoms with Gasteiger partial charge in [0.1, 0.15) is 18.5 Å². The lowest BCUT2D eigenvalue weighted by molar-refractivity contribution is -0.0526. The number of aliphatic hydroxyl groups excluding tert-OH is 2. The predicted molar refractivity (Wildman–Crippen MR) is 77.5 cm³/mol. The van der Waals surface area contributed by atoms with Crippen LogP contribution >= 0.6 is 0 Å². The number of aliphatic hydroxyl groups is 2. The van der Waals surface area contributed by atoms with Crippen molar-refractivity contribution in [3.05, 3.63) is 6.33 Å². The second-order valence-corrected chi connectivity index (χ2v) is 6.78. The molecule has 1 saturated heterocycles. The van der Waals surface area contributed by atoms with Gasteiger partial charge in [-0.3, -0.25) is 0 Å². The van der Waals surface area contributed by atoms with Gasteiger partial charge in [-0.15, -0.1) is 5.10 Å². The summed E-state index contributed by atoms with van der Waals surface area (Å²) in [5, 5.41) is 28.4. The van der Waals surface area contributed by atoms with Gasteiger partial charge in [-0.05, 0) is 11.8 Å². The van der Waals surface area contributed by atoms with E-state index in [0.29, 0.717) is 17.6 Å². The van der Waals surface area contributed by atoms with Crippen molar-refractivity contribution < 1.29 is 14.9 Å². The molecule has 0 bridgehead atoms. The van der Waals surface area contributed by atoms with Crippen LogP contribution < -0.4 is 5.73 Å². The van der Waals surface area contributed by atoms with Gasteiger partial charge in [0, 0.05) is 0 Å². The number of aromatic nitrogens is 5. The fourth-order valence-electron chi connectivity index (χ4n) is 2.66. The first-order valence-electron chi connectivity index (χ1n) is 7.11. The standard InChI is InChI=1S/C13H20N6O3/c1-13(2,3)4-6-8(20)9(21)12(22-6)19-11-7(17-18-19)10(14)15-5-16-11/h5-6,8-9,12,20-21H,4H2,1-3H3,(H2,14,15,16)/t6-,8-,9-,12-/m1/s1. The molecule has 2 aromatic rings. The second kappa shape index (κ2) is 5.11. The molecular weight excluding hydrogens is 288 g/mol. The molecule has 1 aliphatic heterocycles. The zero-order valence-electron chi connectivity index (χ0n) is 12.7. The van der Waals surface area contributed by atoms with E-state index in [1.807, 2.05) is 20.8 Å². The summed E-state index contributed by atoms with van der Waals surface area (Å²) in [6.45, 7) is 6.13. The van der Waals surface area contributed by atoms with Gasteiger partial charge in [0.25, 0.3) is 0 Å². The Hall–Kier alpha value is -1.84. The summed E-state index contributed by atoms with van der Waals surface area (Å²) in [5.74, 6) is 0.204. The number of rotatable bonds is 2. The van der Waals surface area contributed by atoms with Gasteiger partial charge in [0.15, 0.2) is 23.2 Å². The summed E-state index contributed by atoms with van der Waals surface area (Å²) in [5.41, 5.74) is 6.38. The van der Waals surface area contributed by atoms with Gasteiger partial charge in [0.2, 0.25) is 0 Å². The minimum Gasteiger partial charge on any atom is -0.388 e. The van der Waals surface area contributed by atoms with E-state index in [1.54, 1.807) is 0 Å². The van der Waals surface area contributed by atoms with Crippen molar-refractivity contribution in [1.82, 2.24) is 25.0 Å². The van der Waals surface area contributed by atoms with Crippen LogP contribution in [-0.2, 0) is 4.74 Å². The van der Waals surface area contributed by atoms with Gasteiger partial charge >= 0.3 is 0 Å². The van der Waals surface area contributed by atoms with Crippen molar-refractivity contribution in [3.8, 4) is 0 Å². The lowest BCUT2D eigenvalue weighted by atomic mass is 9.87. The summed E-state index contributed by atoms with van der Waals surface area (Å²) in [6, 6.07) is 0. The molecule has 0 unspecified atom stereocenters. The first-order chi connectivity index (χ1) is 10.3. The maximum absolute atomic E-state index is 10.3. The van der Waals surface area contributed by atoms with E-state index in [0.717, 1.165) is 0 Å². The van der Waals surface area contributed by atoms with Gasteiger partial charge in [-0.2, -0.15) is 4.68 Å². The van der Waals surface area contributed by atoms with Crippen LogP contribution in [0.3, 0.4) is 0 Å². The van der Waals surface area contributed by atoms with Gasteiger partial charge < -0.3 is 20.7 Å². The highest BCUT2D eigenvalue weighted by atomic mass is 16.6. The summed E-state index contributed by atoms with van der Waals surface area (Å²) < 4.78 is 7.15. The Kier molecular flexibility index (Phi) is 3.50. The molecule has 0 aliphatic carbocycles. The van der Waals surface area contributed by atoms with Crippen molar-refractivity contribution in [2.24, 2.45) is 5.41 Å². The number of nitrogen functional groups attached to an aromatic ring is 1. The minimum absolute atomic E-state index is 0.0444. The van der Waals surface area contributed by atoms with Crippen LogP contribution in [0.1, 0.15) is 33.4 Å². The number of nitrogens with zero attached hydrogens (tertiary/aromatic N) is 5. The largest absolute Gasteiger partial charge is 0.388 e. The van der Waals surface area contributed by atoms with Crippen molar-refractivity contribution in [2.75, 3.05) is 5.73 Å². The fourth-order valence-corrected chi connectivity index (χ4v) is 2.66. The number of fused-ring (bicyclic) bond motifs is 1. The third-order valence-electron chi connectivity index (χ3n) is 3.68. The van der Waals surface area contributed by atoms with Crippen LogP contribution in [-0.4, -0.2) is 53.5 Å². The van der Waals surface area contributed by atoms with E-state index in [4.69, 9.17) is 10.5 Å². The Morgan fingerprint density at radius 2 is 2.00 bits per heavy atom. The van der Waals surface area contributed by atoms with E-state index < -0.39 is 24.5 Å². The molecule has 0 aromatic carbocycles. The molecule has 0 amide bonds. The molecule has 4 N–H and O–H groups in total. The fraction of sp³-hybridized carbons (Fsp3) is 0.692. The molecule has 120 valence electrons. The molecule has 3 rings (SSSR count). The van der Waals surface area contributed by atoms with Crippen molar-refractivity contribution in [2.45, 2.75) is 51.7 Å². The minimum atomic E-state index is -1.12. The number of hydrogen-bond donors (Lipinski definition) is 3. The molecule has 4 atom stereocenters. The van der Waals surface area contributed by atoms with Crippen LogP contribution in [0.2, 0.25) is 0 Å². The molecule has 1 aliphatic rings. The summed E-state index contributed by atoms with van der Waals surface area (Å²) in [4.78, 5) is 7.92. The third kappa shape index (κ3) is 2.51. The van der Waals surface area contributed by atoms with Crippen LogP contribution in [0.25, 0.3) is 11.2 Å². The molecule has 9 heteroatoms. The quantitative estimate of drug-likeness (QED) is 0.698. The monoisotopic (exact) mass is 308 g/mol. The topological polar surface area (TPSA) is 132 Å². The molecule has 9 nitrogen and oxygen atoms in total. The van der Waals surface area contributed by atoms with E-state index >= 15 is 0 Å². The number of hydrogen-bond acceptors (Lipinski definition) is 8. The highest BCUT2D eigenvalue weighted by Crippen LogP contribution is 2.36. The Labute approximate surface area is 127 Å². The summed E-state index contributed by atoms with van der Waals surface area (Å²) in [6.07, 6.45) is -1.57. The molecule has 1 fully saturated rings. The number of nitrogens with two attached hydrogens (primary N) is 1. The number of anilines is 1. The highest BCUT2D eigenvalue weighted by Gasteiger charge is 2.46. The first kappa shape index (κ1) is 15.1. The van der Waals surface area contributed by atoms with E-state index in [-0.39, 0.29) is 11.2 Å². The smallest absolute Gasteiger partial charge is 0.186 e. The van der Waals surface area contributed by atoms with Gasteiger partial charge in [-0.25, -0.2) is 9.97 Å². The third-order valence-corrected chi connectivity index (χ3v) is 3.68. The van der Waals surface area contributed by atoms with Crippen molar-refractivity contribution in [1.29, 1.82) is 0 Å². The predicted octanol–water partition coefficient (Wildman–Crippen LogP) is -0.141. The van der Waals surface area contributed by atoms with Crippen LogP contribution in [0.15, 0.2) is 6.33 Å². The molecule has 0 radical (unpaired) electrons. The van der Waals surface area contributed by atoms with Crippen LogP contribution in [0, 0.1) is 5.41 Å². The average Bonchev–Trinajstić information content (AvgIpc) is 2.95. The normalized spacial score (nSPS) is 29.3. The Balaban J connectivity index is 1.93. The van der Waals surface area contributed by atoms with E-state index in [1.165, 1.54) is 11.0 Å². The Morgan fingerprint density at radius 1 is 1.27 bits per heavy atom.